The molecule has 122 valence electrons. The van der Waals surface area contributed by atoms with Crippen LogP contribution in [0.4, 0.5) is 0 Å². The van der Waals surface area contributed by atoms with Crippen molar-refractivity contribution in [2.45, 2.75) is 42.7 Å². The lowest BCUT2D eigenvalue weighted by Crippen LogP contribution is -2.66. The summed E-state index contributed by atoms with van der Waals surface area (Å²) in [5, 5.41) is 50.3. The summed E-state index contributed by atoms with van der Waals surface area (Å²) in [6.07, 6.45) is -6.84. The van der Waals surface area contributed by atoms with E-state index in [4.69, 9.17) is 9.84 Å². The Kier molecular flexibility index (Phi) is 6.01. The summed E-state index contributed by atoms with van der Waals surface area (Å²) < 4.78 is 9.37. The molecule has 0 bridgehead atoms. The van der Waals surface area contributed by atoms with Crippen molar-refractivity contribution in [3.8, 4) is 0 Å². The fraction of sp³-hybridized carbons (Fsp3) is 0.818. The highest BCUT2D eigenvalue weighted by Gasteiger charge is 2.54. The highest BCUT2D eigenvalue weighted by molar-refractivity contribution is 5.77. The maximum atomic E-state index is 11.5. The standard InChI is InChI=1S/C11H19NO9/c1-20-10(18)11(19)2-5(15)7(12-4-14)9(21-11)8(17)6(16)3-13/h4-9,13,15-17,19H,2-3H2,1H3,(H,12,14)/t5?,6-,7?,8-,9?,11?/m1/s1. The number of carbonyl (C=O) groups is 2. The van der Waals surface area contributed by atoms with Crippen LogP contribution in [0.25, 0.3) is 0 Å². The number of aliphatic hydroxyl groups is 5. The SMILES string of the molecule is COC(=O)C1(O)CC(O)C(NC=O)C([C@H](O)[C@H](O)CO)O1. The molecule has 10 nitrogen and oxygen atoms in total. The summed E-state index contributed by atoms with van der Waals surface area (Å²) in [5.74, 6) is -3.75. The Labute approximate surface area is 119 Å². The van der Waals surface area contributed by atoms with Gasteiger partial charge in [-0.3, -0.25) is 4.79 Å². The molecule has 6 atom stereocenters. The summed E-state index contributed by atoms with van der Waals surface area (Å²) in [7, 11) is 0.986. The van der Waals surface area contributed by atoms with E-state index >= 15 is 0 Å². The van der Waals surface area contributed by atoms with Crippen molar-refractivity contribution in [3.63, 3.8) is 0 Å². The number of aliphatic hydroxyl groups excluding tert-OH is 4. The zero-order valence-electron chi connectivity index (χ0n) is 11.2. The van der Waals surface area contributed by atoms with E-state index in [0.717, 1.165) is 7.11 Å². The molecule has 0 aromatic rings. The minimum atomic E-state index is -2.55. The van der Waals surface area contributed by atoms with Crippen LogP contribution in [0.2, 0.25) is 0 Å². The van der Waals surface area contributed by atoms with E-state index in [1.165, 1.54) is 0 Å². The van der Waals surface area contributed by atoms with Crippen LogP contribution in [0.5, 0.6) is 0 Å². The average molecular weight is 309 g/mol. The molecule has 21 heavy (non-hydrogen) atoms. The molecule has 0 aliphatic carbocycles. The molecule has 1 aliphatic heterocycles. The number of carbonyl (C=O) groups excluding carboxylic acids is 2. The van der Waals surface area contributed by atoms with Crippen LogP contribution in [0.1, 0.15) is 6.42 Å². The first-order valence-corrected chi connectivity index (χ1v) is 6.14. The topological polar surface area (TPSA) is 166 Å². The molecule has 1 aliphatic rings. The van der Waals surface area contributed by atoms with E-state index < -0.39 is 55.2 Å². The molecule has 6 N–H and O–H groups in total. The van der Waals surface area contributed by atoms with Gasteiger partial charge in [0.25, 0.3) is 5.79 Å². The number of amides is 1. The van der Waals surface area contributed by atoms with Crippen LogP contribution < -0.4 is 5.32 Å². The quantitative estimate of drug-likeness (QED) is 0.211. The highest BCUT2D eigenvalue weighted by Crippen LogP contribution is 2.30. The third kappa shape index (κ3) is 3.67. The average Bonchev–Trinajstić information content (AvgIpc) is 2.47. The minimum Gasteiger partial charge on any atom is -0.465 e. The fourth-order valence-electron chi connectivity index (χ4n) is 2.16. The summed E-state index contributed by atoms with van der Waals surface area (Å²) in [5.41, 5.74) is 0. The summed E-state index contributed by atoms with van der Waals surface area (Å²) in [4.78, 5) is 22.1. The Bertz CT molecular complexity index is 379. The van der Waals surface area contributed by atoms with Crippen LogP contribution in [0.15, 0.2) is 0 Å². The van der Waals surface area contributed by atoms with Gasteiger partial charge in [0.05, 0.1) is 25.9 Å². The largest absolute Gasteiger partial charge is 0.465 e. The van der Waals surface area contributed by atoms with Gasteiger partial charge in [0.2, 0.25) is 6.41 Å². The molecule has 1 heterocycles. The Morgan fingerprint density at radius 3 is 2.67 bits per heavy atom. The molecule has 10 heteroatoms. The Morgan fingerprint density at radius 2 is 2.19 bits per heavy atom. The van der Waals surface area contributed by atoms with E-state index in [0.29, 0.717) is 0 Å². The summed E-state index contributed by atoms with van der Waals surface area (Å²) in [6, 6.07) is -1.20. The molecule has 0 spiro atoms. The van der Waals surface area contributed by atoms with Gasteiger partial charge < -0.3 is 40.3 Å². The van der Waals surface area contributed by atoms with Crippen molar-refractivity contribution < 1.29 is 44.6 Å². The maximum Gasteiger partial charge on any atom is 0.366 e. The number of hydrogen-bond donors (Lipinski definition) is 6. The van der Waals surface area contributed by atoms with Crippen molar-refractivity contribution >= 4 is 12.4 Å². The predicted molar refractivity (Wildman–Crippen MR) is 64.5 cm³/mol. The van der Waals surface area contributed by atoms with E-state index in [-0.39, 0.29) is 6.41 Å². The van der Waals surface area contributed by atoms with Gasteiger partial charge in [0.15, 0.2) is 0 Å². The molecule has 1 amide bonds. The lowest BCUT2D eigenvalue weighted by atomic mass is 9.89. The molecular formula is C11H19NO9. The van der Waals surface area contributed by atoms with Crippen molar-refractivity contribution in [1.82, 2.24) is 5.32 Å². The number of rotatable bonds is 6. The van der Waals surface area contributed by atoms with Crippen LogP contribution in [0, 0.1) is 0 Å². The number of hydrogen-bond acceptors (Lipinski definition) is 9. The van der Waals surface area contributed by atoms with Gasteiger partial charge in [-0.2, -0.15) is 0 Å². The van der Waals surface area contributed by atoms with Crippen molar-refractivity contribution in [2.75, 3.05) is 13.7 Å². The second kappa shape index (κ2) is 7.11. The summed E-state index contributed by atoms with van der Waals surface area (Å²) in [6.45, 7) is -0.832. The van der Waals surface area contributed by atoms with Crippen LogP contribution >= 0.6 is 0 Å². The normalized spacial score (nSPS) is 35.6. The monoisotopic (exact) mass is 309 g/mol. The number of ether oxygens (including phenoxy) is 2. The molecule has 1 saturated heterocycles. The van der Waals surface area contributed by atoms with Gasteiger partial charge in [-0.15, -0.1) is 0 Å². The minimum absolute atomic E-state index is 0.227. The van der Waals surface area contributed by atoms with E-state index in [1.54, 1.807) is 0 Å². The first kappa shape index (κ1) is 17.8. The smallest absolute Gasteiger partial charge is 0.366 e. The summed E-state index contributed by atoms with van der Waals surface area (Å²) >= 11 is 0. The second-order valence-corrected chi connectivity index (χ2v) is 4.68. The molecule has 0 aromatic heterocycles. The zero-order valence-corrected chi connectivity index (χ0v) is 11.2. The van der Waals surface area contributed by atoms with Gasteiger partial charge in [-0.25, -0.2) is 4.79 Å². The third-order valence-corrected chi connectivity index (χ3v) is 3.27. The molecule has 0 radical (unpaired) electrons. The molecule has 1 fully saturated rings. The zero-order chi connectivity index (χ0) is 16.2. The Morgan fingerprint density at radius 1 is 1.57 bits per heavy atom. The lowest BCUT2D eigenvalue weighted by molar-refractivity contribution is -0.296. The number of esters is 1. The van der Waals surface area contributed by atoms with Gasteiger partial charge >= 0.3 is 5.97 Å². The molecule has 1 rings (SSSR count). The fourth-order valence-corrected chi connectivity index (χ4v) is 2.16. The highest BCUT2D eigenvalue weighted by atomic mass is 16.7. The molecule has 0 saturated carbocycles. The number of nitrogens with one attached hydrogen (secondary N) is 1. The van der Waals surface area contributed by atoms with E-state index in [1.807, 2.05) is 0 Å². The predicted octanol–water partition coefficient (Wildman–Crippen LogP) is -4.17. The number of methoxy groups -OCH3 is 1. The van der Waals surface area contributed by atoms with Gasteiger partial charge in [-0.1, -0.05) is 0 Å². The lowest BCUT2D eigenvalue weighted by Gasteiger charge is -2.44. The third-order valence-electron chi connectivity index (χ3n) is 3.27. The van der Waals surface area contributed by atoms with Crippen molar-refractivity contribution in [2.24, 2.45) is 0 Å². The van der Waals surface area contributed by atoms with Crippen LogP contribution in [-0.2, 0) is 19.1 Å². The molecule has 4 unspecified atom stereocenters. The van der Waals surface area contributed by atoms with Gasteiger partial charge in [0, 0.05) is 6.42 Å². The van der Waals surface area contributed by atoms with Crippen LogP contribution in [0.3, 0.4) is 0 Å². The second-order valence-electron chi connectivity index (χ2n) is 4.68. The first-order chi connectivity index (χ1) is 9.80. The van der Waals surface area contributed by atoms with E-state index in [9.17, 15) is 30.0 Å². The van der Waals surface area contributed by atoms with Gasteiger partial charge in [-0.05, 0) is 0 Å². The van der Waals surface area contributed by atoms with Crippen LogP contribution in [-0.4, -0.2) is 87.9 Å². The molecular weight excluding hydrogens is 290 g/mol. The Hall–Kier alpha value is -1.30. The first-order valence-electron chi connectivity index (χ1n) is 6.14. The maximum absolute atomic E-state index is 11.5. The van der Waals surface area contributed by atoms with Gasteiger partial charge in [0.1, 0.15) is 18.3 Å². The van der Waals surface area contributed by atoms with Crippen molar-refractivity contribution in [3.05, 3.63) is 0 Å². The Balaban J connectivity index is 3.05. The van der Waals surface area contributed by atoms with Crippen molar-refractivity contribution in [1.29, 1.82) is 0 Å². The molecule has 0 aromatic carbocycles. The van der Waals surface area contributed by atoms with E-state index in [2.05, 4.69) is 10.1 Å².